The van der Waals surface area contributed by atoms with Crippen molar-refractivity contribution in [3.63, 3.8) is 0 Å². The van der Waals surface area contributed by atoms with Crippen LogP contribution < -0.4 is 4.31 Å². The molecule has 130 valence electrons. The molecule has 4 rings (SSSR count). The molecule has 0 aliphatic heterocycles. The van der Waals surface area contributed by atoms with Crippen LogP contribution in [0.2, 0.25) is 0 Å². The number of aromatic nitrogens is 2. The Morgan fingerprint density at radius 3 is 2.27 bits per heavy atom. The van der Waals surface area contributed by atoms with Crippen molar-refractivity contribution in [2.75, 3.05) is 4.31 Å². The molecule has 8 heteroatoms. The van der Waals surface area contributed by atoms with Crippen molar-refractivity contribution in [2.45, 2.75) is 4.90 Å². The standard InChI is InChI=1S/C18H13N3O4S/c22-26(23,16-8-6-14(7-9-16)17-10-12-25-20-17)21(18-19-11-13-24-18)15-4-2-1-3-5-15/h1-13H. The summed E-state index contributed by atoms with van der Waals surface area (Å²) in [6.07, 6.45) is 4.18. The van der Waals surface area contributed by atoms with E-state index in [1.54, 1.807) is 48.5 Å². The molecule has 0 saturated carbocycles. The fourth-order valence-electron chi connectivity index (χ4n) is 2.50. The lowest BCUT2D eigenvalue weighted by Crippen LogP contribution is -2.26. The highest BCUT2D eigenvalue weighted by molar-refractivity contribution is 7.93. The lowest BCUT2D eigenvalue weighted by Gasteiger charge is -2.20. The van der Waals surface area contributed by atoms with Gasteiger partial charge in [0, 0.05) is 11.6 Å². The van der Waals surface area contributed by atoms with E-state index >= 15 is 0 Å². The molecule has 26 heavy (non-hydrogen) atoms. The molecule has 7 nitrogen and oxygen atoms in total. The number of rotatable bonds is 5. The molecular formula is C18H13N3O4S. The average molecular weight is 367 g/mol. The fourth-order valence-corrected chi connectivity index (χ4v) is 3.88. The van der Waals surface area contributed by atoms with Crippen LogP contribution >= 0.6 is 0 Å². The topological polar surface area (TPSA) is 89.4 Å². The zero-order chi connectivity index (χ0) is 18.0. The molecule has 0 unspecified atom stereocenters. The van der Waals surface area contributed by atoms with Crippen LogP contribution in [0.15, 0.2) is 93.2 Å². The summed E-state index contributed by atoms with van der Waals surface area (Å²) in [5, 5.41) is 3.84. The zero-order valence-electron chi connectivity index (χ0n) is 13.4. The summed E-state index contributed by atoms with van der Waals surface area (Å²) in [6.45, 7) is 0. The first-order valence-electron chi connectivity index (χ1n) is 7.67. The number of hydrogen-bond donors (Lipinski definition) is 0. The maximum atomic E-state index is 13.2. The third kappa shape index (κ3) is 2.86. The molecule has 0 bridgehead atoms. The second-order valence-corrected chi connectivity index (χ2v) is 7.12. The fraction of sp³-hybridized carbons (Fsp3) is 0. The highest BCUT2D eigenvalue weighted by atomic mass is 32.2. The number of benzene rings is 2. The van der Waals surface area contributed by atoms with Crippen LogP contribution in [0.1, 0.15) is 0 Å². The third-order valence-electron chi connectivity index (χ3n) is 3.71. The summed E-state index contributed by atoms with van der Waals surface area (Å²) in [7, 11) is -3.93. The van der Waals surface area contributed by atoms with Crippen molar-refractivity contribution in [1.29, 1.82) is 0 Å². The Labute approximate surface area is 149 Å². The normalized spacial score (nSPS) is 11.4. The van der Waals surface area contributed by atoms with E-state index in [1.165, 1.54) is 30.9 Å². The van der Waals surface area contributed by atoms with Crippen LogP contribution in [-0.2, 0) is 10.0 Å². The Morgan fingerprint density at radius 2 is 1.65 bits per heavy atom. The van der Waals surface area contributed by atoms with E-state index in [4.69, 9.17) is 8.94 Å². The van der Waals surface area contributed by atoms with Crippen molar-refractivity contribution in [1.82, 2.24) is 10.1 Å². The van der Waals surface area contributed by atoms with Gasteiger partial charge in [0.25, 0.3) is 10.0 Å². The van der Waals surface area contributed by atoms with Crippen LogP contribution in [0.5, 0.6) is 0 Å². The molecular weight excluding hydrogens is 354 g/mol. The van der Waals surface area contributed by atoms with Crippen LogP contribution in [0.4, 0.5) is 11.7 Å². The smallest absolute Gasteiger partial charge is 0.316 e. The van der Waals surface area contributed by atoms with Gasteiger partial charge in [-0.1, -0.05) is 35.5 Å². The number of anilines is 2. The molecule has 0 amide bonds. The molecule has 0 spiro atoms. The van der Waals surface area contributed by atoms with Gasteiger partial charge in [-0.2, -0.15) is 4.31 Å². The minimum absolute atomic E-state index is 0.0308. The summed E-state index contributed by atoms with van der Waals surface area (Å²) in [5.74, 6) is 0. The van der Waals surface area contributed by atoms with Crippen molar-refractivity contribution in [3.8, 4) is 11.3 Å². The van der Waals surface area contributed by atoms with Crippen molar-refractivity contribution in [3.05, 3.63) is 79.4 Å². The monoisotopic (exact) mass is 367 g/mol. The lowest BCUT2D eigenvalue weighted by atomic mass is 10.2. The van der Waals surface area contributed by atoms with Crippen molar-refractivity contribution in [2.24, 2.45) is 0 Å². The van der Waals surface area contributed by atoms with Gasteiger partial charge in [0.15, 0.2) is 0 Å². The zero-order valence-corrected chi connectivity index (χ0v) is 14.2. The number of sulfonamides is 1. The largest absolute Gasteiger partial charge is 0.431 e. The van der Waals surface area contributed by atoms with Crippen LogP contribution in [0.25, 0.3) is 11.3 Å². The number of nitrogens with zero attached hydrogens (tertiary/aromatic N) is 3. The molecule has 2 heterocycles. The quantitative estimate of drug-likeness (QED) is 0.532. The Bertz CT molecular complexity index is 1080. The van der Waals surface area contributed by atoms with E-state index in [2.05, 4.69) is 10.1 Å². The van der Waals surface area contributed by atoms with Crippen molar-refractivity contribution < 1.29 is 17.4 Å². The van der Waals surface area contributed by atoms with Gasteiger partial charge < -0.3 is 8.94 Å². The molecule has 4 aromatic rings. The van der Waals surface area contributed by atoms with Gasteiger partial charge in [0.05, 0.1) is 16.8 Å². The Kier molecular flexibility index (Phi) is 4.02. The minimum atomic E-state index is -3.93. The van der Waals surface area contributed by atoms with Gasteiger partial charge in [-0.25, -0.2) is 13.4 Å². The van der Waals surface area contributed by atoms with Gasteiger partial charge >= 0.3 is 6.01 Å². The van der Waals surface area contributed by atoms with Gasteiger partial charge in [0.1, 0.15) is 18.2 Å². The number of para-hydroxylation sites is 1. The molecule has 0 aliphatic carbocycles. The summed E-state index contributed by atoms with van der Waals surface area (Å²) >= 11 is 0. The van der Waals surface area contributed by atoms with Crippen LogP contribution in [0, 0.1) is 0 Å². The van der Waals surface area contributed by atoms with Gasteiger partial charge in [0.2, 0.25) is 0 Å². The number of hydrogen-bond acceptors (Lipinski definition) is 6. The molecule has 0 N–H and O–H groups in total. The first-order valence-corrected chi connectivity index (χ1v) is 9.11. The molecule has 0 atom stereocenters. The summed E-state index contributed by atoms with van der Waals surface area (Å²) < 4.78 is 37.6. The maximum Gasteiger partial charge on any atom is 0.316 e. The van der Waals surface area contributed by atoms with E-state index in [9.17, 15) is 8.42 Å². The van der Waals surface area contributed by atoms with Gasteiger partial charge in [-0.3, -0.25) is 0 Å². The van der Waals surface area contributed by atoms with E-state index < -0.39 is 10.0 Å². The molecule has 2 aromatic heterocycles. The third-order valence-corrected chi connectivity index (χ3v) is 5.43. The SMILES string of the molecule is O=S(=O)(c1ccc(-c2ccon2)cc1)N(c1ccccc1)c1ncco1. The van der Waals surface area contributed by atoms with Crippen LogP contribution in [0.3, 0.4) is 0 Å². The first-order chi connectivity index (χ1) is 12.7. The maximum absolute atomic E-state index is 13.2. The van der Waals surface area contributed by atoms with E-state index in [-0.39, 0.29) is 10.9 Å². The van der Waals surface area contributed by atoms with E-state index in [1.807, 2.05) is 0 Å². The first kappa shape index (κ1) is 16.1. The van der Waals surface area contributed by atoms with Gasteiger partial charge in [-0.05, 0) is 24.3 Å². The van der Waals surface area contributed by atoms with Crippen molar-refractivity contribution >= 4 is 21.7 Å². The highest BCUT2D eigenvalue weighted by Gasteiger charge is 2.29. The van der Waals surface area contributed by atoms with Crippen LogP contribution in [-0.4, -0.2) is 18.6 Å². The highest BCUT2D eigenvalue weighted by Crippen LogP contribution is 2.31. The average Bonchev–Trinajstić information content (AvgIpc) is 3.37. The number of oxazole rings is 1. The Hall–Kier alpha value is -3.39. The minimum Gasteiger partial charge on any atom is -0.431 e. The predicted octanol–water partition coefficient (Wildman–Crippen LogP) is 3.86. The Balaban J connectivity index is 1.78. The van der Waals surface area contributed by atoms with Gasteiger partial charge in [-0.15, -0.1) is 0 Å². The molecule has 0 saturated heterocycles. The molecule has 0 fully saturated rings. The summed E-state index contributed by atoms with van der Waals surface area (Å²) in [5.41, 5.74) is 1.80. The molecule has 2 aromatic carbocycles. The summed E-state index contributed by atoms with van der Waals surface area (Å²) in [6, 6.07) is 16.7. The van der Waals surface area contributed by atoms with E-state index in [0.29, 0.717) is 11.4 Å². The summed E-state index contributed by atoms with van der Waals surface area (Å²) in [4.78, 5) is 4.10. The Morgan fingerprint density at radius 1 is 0.885 bits per heavy atom. The molecule has 0 aliphatic rings. The predicted molar refractivity (Wildman–Crippen MR) is 94.2 cm³/mol. The van der Waals surface area contributed by atoms with E-state index in [0.717, 1.165) is 9.87 Å². The lowest BCUT2D eigenvalue weighted by molar-refractivity contribution is 0.422. The second kappa shape index (κ2) is 6.49. The second-order valence-electron chi connectivity index (χ2n) is 5.33. The molecule has 0 radical (unpaired) electrons.